The van der Waals surface area contributed by atoms with Crippen LogP contribution in [0.2, 0.25) is 0 Å². The van der Waals surface area contributed by atoms with Gasteiger partial charge in [-0.1, -0.05) is 66.7 Å². The van der Waals surface area contributed by atoms with Gasteiger partial charge in [0, 0.05) is 30.2 Å². The van der Waals surface area contributed by atoms with Crippen molar-refractivity contribution in [1.82, 2.24) is 0 Å². The maximum atomic E-state index is 11.4. The minimum atomic E-state index is -0.265. The summed E-state index contributed by atoms with van der Waals surface area (Å²) >= 11 is 0. The van der Waals surface area contributed by atoms with Crippen LogP contribution in [0.15, 0.2) is 103 Å². The zero-order valence-corrected chi connectivity index (χ0v) is 17.0. The first-order valence-electron chi connectivity index (χ1n) is 10.1. The summed E-state index contributed by atoms with van der Waals surface area (Å²) in [5.74, 6) is -0.265. The summed E-state index contributed by atoms with van der Waals surface area (Å²) in [6.45, 7) is 2.34. The van der Waals surface area contributed by atoms with Gasteiger partial charge in [-0.15, -0.1) is 0 Å². The average molecular weight is 394 g/mol. The molecule has 0 aliphatic heterocycles. The molecular weight excluding hydrogens is 370 g/mol. The molecule has 3 heteroatoms. The van der Waals surface area contributed by atoms with E-state index >= 15 is 0 Å². The molecule has 1 aromatic heterocycles. The van der Waals surface area contributed by atoms with Gasteiger partial charge in [0.1, 0.15) is 0 Å². The van der Waals surface area contributed by atoms with Crippen LogP contribution >= 0.6 is 0 Å². The Kier molecular flexibility index (Phi) is 6.00. The fraction of sp³-hybridized carbons (Fsp3) is 0.111. The fourth-order valence-electron chi connectivity index (χ4n) is 3.64. The molecule has 0 aliphatic rings. The summed E-state index contributed by atoms with van der Waals surface area (Å²) in [7, 11) is 0. The number of hydrogen-bond acceptors (Lipinski definition) is 2. The van der Waals surface area contributed by atoms with E-state index in [0.717, 1.165) is 28.1 Å². The highest BCUT2D eigenvalue weighted by Gasteiger charge is 2.22. The Balaban J connectivity index is 1.94. The lowest BCUT2D eigenvalue weighted by atomic mass is 9.99. The van der Waals surface area contributed by atoms with E-state index in [-0.39, 0.29) is 5.97 Å². The van der Waals surface area contributed by atoms with Crippen LogP contribution in [0.5, 0.6) is 0 Å². The van der Waals surface area contributed by atoms with Crippen LogP contribution in [0.25, 0.3) is 33.6 Å². The van der Waals surface area contributed by atoms with Crippen molar-refractivity contribution in [3.8, 4) is 33.6 Å². The number of esters is 1. The molecule has 0 unspecified atom stereocenters. The Morgan fingerprint density at radius 2 is 1.10 bits per heavy atom. The normalized spacial score (nSPS) is 10.6. The van der Waals surface area contributed by atoms with Crippen molar-refractivity contribution in [2.45, 2.75) is 13.5 Å². The van der Waals surface area contributed by atoms with Crippen LogP contribution in [-0.4, -0.2) is 12.6 Å². The fourth-order valence-corrected chi connectivity index (χ4v) is 3.64. The Morgan fingerprint density at radius 3 is 1.53 bits per heavy atom. The van der Waals surface area contributed by atoms with E-state index in [2.05, 4.69) is 65.2 Å². The van der Waals surface area contributed by atoms with Gasteiger partial charge in [0.25, 0.3) is 0 Å². The summed E-state index contributed by atoms with van der Waals surface area (Å²) in [5.41, 5.74) is 6.73. The highest BCUT2D eigenvalue weighted by Crippen LogP contribution is 2.29. The Hall–Kier alpha value is -3.72. The molecule has 0 spiro atoms. The van der Waals surface area contributed by atoms with Crippen molar-refractivity contribution in [2.24, 2.45) is 0 Å². The third-order valence-electron chi connectivity index (χ3n) is 5.03. The molecule has 0 bridgehead atoms. The van der Waals surface area contributed by atoms with Crippen molar-refractivity contribution in [3.63, 3.8) is 0 Å². The zero-order chi connectivity index (χ0) is 20.8. The molecule has 0 aliphatic carbocycles. The molecule has 0 saturated carbocycles. The highest BCUT2D eigenvalue weighted by molar-refractivity contribution is 5.73. The van der Waals surface area contributed by atoms with Crippen LogP contribution in [0.4, 0.5) is 0 Å². The first kappa shape index (κ1) is 19.6. The SMILES string of the molecule is CC(=O)OCC[n+]1c(-c2ccccc2)cc(-c2ccccc2)cc1-c1ccccc1. The molecule has 1 heterocycles. The predicted molar refractivity (Wildman–Crippen MR) is 120 cm³/mol. The van der Waals surface area contributed by atoms with Crippen molar-refractivity contribution in [2.75, 3.05) is 6.61 Å². The van der Waals surface area contributed by atoms with E-state index in [9.17, 15) is 4.79 Å². The second-order valence-electron chi connectivity index (χ2n) is 7.10. The quantitative estimate of drug-likeness (QED) is 0.318. The first-order valence-corrected chi connectivity index (χ1v) is 10.1. The largest absolute Gasteiger partial charge is 0.459 e. The second-order valence-corrected chi connectivity index (χ2v) is 7.10. The lowest BCUT2D eigenvalue weighted by molar-refractivity contribution is -0.676. The Bertz CT molecular complexity index is 1060. The van der Waals surface area contributed by atoms with Gasteiger partial charge in [-0.25, -0.2) is 0 Å². The topological polar surface area (TPSA) is 30.2 Å². The summed E-state index contributed by atoms with van der Waals surface area (Å²) in [6, 6.07) is 35.5. The maximum Gasteiger partial charge on any atom is 0.302 e. The number of carbonyl (C=O) groups is 1. The highest BCUT2D eigenvalue weighted by atomic mass is 16.5. The summed E-state index contributed by atoms with van der Waals surface area (Å²) in [5, 5.41) is 0. The van der Waals surface area contributed by atoms with Crippen LogP contribution in [0.1, 0.15) is 6.92 Å². The molecule has 0 saturated heterocycles. The molecular formula is C27H24NO2+. The van der Waals surface area contributed by atoms with Crippen molar-refractivity contribution in [3.05, 3.63) is 103 Å². The van der Waals surface area contributed by atoms with Gasteiger partial charge in [-0.2, -0.15) is 4.57 Å². The van der Waals surface area contributed by atoms with E-state index in [1.807, 2.05) is 42.5 Å². The number of rotatable bonds is 6. The van der Waals surface area contributed by atoms with E-state index < -0.39 is 0 Å². The molecule has 4 aromatic rings. The van der Waals surface area contributed by atoms with Gasteiger partial charge >= 0.3 is 5.97 Å². The number of hydrogen-bond donors (Lipinski definition) is 0. The monoisotopic (exact) mass is 394 g/mol. The number of ether oxygens (including phenoxy) is 1. The lowest BCUT2D eigenvalue weighted by Gasteiger charge is -2.13. The van der Waals surface area contributed by atoms with E-state index in [0.29, 0.717) is 13.2 Å². The van der Waals surface area contributed by atoms with E-state index in [1.165, 1.54) is 12.5 Å². The average Bonchev–Trinajstić information content (AvgIpc) is 2.80. The van der Waals surface area contributed by atoms with Crippen LogP contribution in [0.3, 0.4) is 0 Å². The van der Waals surface area contributed by atoms with Gasteiger partial charge in [0.2, 0.25) is 11.4 Å². The summed E-state index contributed by atoms with van der Waals surface area (Å²) in [6.07, 6.45) is 0. The Labute approximate surface area is 177 Å². The third-order valence-corrected chi connectivity index (χ3v) is 5.03. The molecule has 0 atom stereocenters. The second kappa shape index (κ2) is 9.19. The molecule has 0 radical (unpaired) electrons. The number of nitrogens with zero attached hydrogens (tertiary/aromatic N) is 1. The number of carbonyl (C=O) groups excluding carboxylic acids is 1. The summed E-state index contributed by atoms with van der Waals surface area (Å²) < 4.78 is 7.52. The zero-order valence-electron chi connectivity index (χ0n) is 17.0. The molecule has 3 nitrogen and oxygen atoms in total. The van der Waals surface area contributed by atoms with Crippen LogP contribution in [0, 0.1) is 0 Å². The number of benzene rings is 3. The van der Waals surface area contributed by atoms with Crippen molar-refractivity contribution in [1.29, 1.82) is 0 Å². The van der Waals surface area contributed by atoms with Crippen molar-refractivity contribution >= 4 is 5.97 Å². The van der Waals surface area contributed by atoms with Crippen LogP contribution < -0.4 is 4.57 Å². The molecule has 0 fully saturated rings. The molecule has 4 rings (SSSR count). The maximum absolute atomic E-state index is 11.4. The minimum Gasteiger partial charge on any atom is -0.459 e. The summed E-state index contributed by atoms with van der Waals surface area (Å²) in [4.78, 5) is 11.4. The first-order chi connectivity index (χ1) is 14.7. The van der Waals surface area contributed by atoms with Gasteiger partial charge in [0.05, 0.1) is 0 Å². The number of pyridine rings is 1. The van der Waals surface area contributed by atoms with Crippen molar-refractivity contribution < 1.29 is 14.1 Å². The van der Waals surface area contributed by atoms with E-state index in [1.54, 1.807) is 0 Å². The lowest BCUT2D eigenvalue weighted by Crippen LogP contribution is -2.41. The predicted octanol–water partition coefficient (Wildman–Crippen LogP) is 5.54. The third kappa shape index (κ3) is 4.47. The van der Waals surface area contributed by atoms with Crippen LogP contribution in [-0.2, 0) is 16.1 Å². The molecule has 30 heavy (non-hydrogen) atoms. The van der Waals surface area contributed by atoms with Gasteiger partial charge in [-0.3, -0.25) is 4.79 Å². The standard InChI is InChI=1S/C27H24NO2/c1-21(29)30-18-17-28-26(23-13-7-3-8-14-23)19-25(22-11-5-2-6-12-22)20-27(28)24-15-9-4-10-16-24/h2-16,19-20H,17-18H2,1H3/q+1. The number of aromatic nitrogens is 1. The molecule has 0 N–H and O–H groups in total. The van der Waals surface area contributed by atoms with Gasteiger partial charge in [-0.05, 0) is 35.4 Å². The molecule has 3 aromatic carbocycles. The minimum absolute atomic E-state index is 0.265. The Morgan fingerprint density at radius 1 is 0.667 bits per heavy atom. The van der Waals surface area contributed by atoms with Gasteiger partial charge < -0.3 is 4.74 Å². The van der Waals surface area contributed by atoms with Gasteiger partial charge in [0.15, 0.2) is 13.2 Å². The molecule has 0 amide bonds. The molecule has 148 valence electrons. The smallest absolute Gasteiger partial charge is 0.302 e. The van der Waals surface area contributed by atoms with E-state index in [4.69, 9.17) is 4.74 Å².